The summed E-state index contributed by atoms with van der Waals surface area (Å²) in [6, 6.07) is 4.42. The van der Waals surface area contributed by atoms with Gasteiger partial charge in [0.2, 0.25) is 0 Å². The van der Waals surface area contributed by atoms with Crippen LogP contribution >= 0.6 is 0 Å². The van der Waals surface area contributed by atoms with Crippen LogP contribution in [0.5, 0.6) is 0 Å². The average Bonchev–Trinajstić information content (AvgIpc) is 1.69. The third kappa shape index (κ3) is 4.81. The number of hydrogen-bond donors (Lipinski definition) is 0. The van der Waals surface area contributed by atoms with Gasteiger partial charge in [0.25, 0.3) is 0 Å². The van der Waals surface area contributed by atoms with Crippen LogP contribution < -0.4 is 0 Å². The first-order valence-electron chi connectivity index (χ1n) is 1.97. The van der Waals surface area contributed by atoms with Crippen LogP contribution in [0, 0.1) is 19.2 Å². The predicted molar refractivity (Wildman–Crippen MR) is 24.4 cm³/mol. The van der Waals surface area contributed by atoms with Crippen molar-refractivity contribution in [1.29, 1.82) is 0 Å². The summed E-state index contributed by atoms with van der Waals surface area (Å²) >= 11 is 0. The predicted octanol–water partition coefficient (Wildman–Crippen LogP) is 0.380. The monoisotopic (exact) mass is 298 g/mol. The molecule has 0 amide bonds. The summed E-state index contributed by atoms with van der Waals surface area (Å²) in [5, 5.41) is 7.10. The van der Waals surface area contributed by atoms with Crippen LogP contribution in [-0.4, -0.2) is 10.2 Å². The minimum absolute atomic E-state index is 0. The molecule has 1 aromatic heterocycles. The normalized spacial score (nSPS) is 6.78. The SMILES string of the molecule is Cc1[c-]c[c-]nn1.[Rh].[Rh]. The Labute approximate surface area is 80.0 Å². The Morgan fingerprint density at radius 1 is 1.44 bits per heavy atom. The van der Waals surface area contributed by atoms with Gasteiger partial charge < -0.3 is 23.4 Å². The molecular weight excluding hydrogens is 294 g/mol. The molecule has 0 unspecified atom stereocenters. The third-order valence-electron chi connectivity index (χ3n) is 0.603. The van der Waals surface area contributed by atoms with Crippen LogP contribution in [0.15, 0.2) is 6.07 Å². The Morgan fingerprint density at radius 2 is 2.11 bits per heavy atom. The molecule has 0 aliphatic heterocycles. The molecule has 1 rings (SSSR count). The Morgan fingerprint density at radius 3 is 2.33 bits per heavy atom. The van der Waals surface area contributed by atoms with E-state index in [0.717, 1.165) is 5.69 Å². The van der Waals surface area contributed by atoms with Crippen molar-refractivity contribution in [3.63, 3.8) is 0 Å². The van der Waals surface area contributed by atoms with E-state index in [0.29, 0.717) is 0 Å². The van der Waals surface area contributed by atoms with Crippen molar-refractivity contribution in [3.05, 3.63) is 24.0 Å². The smallest absolute Gasteiger partial charge is 0 e. The van der Waals surface area contributed by atoms with Crippen molar-refractivity contribution >= 4 is 0 Å². The van der Waals surface area contributed by atoms with E-state index in [9.17, 15) is 0 Å². The summed E-state index contributed by atoms with van der Waals surface area (Å²) in [6.07, 6.45) is 2.52. The molecule has 1 aromatic rings. The second-order valence-corrected chi connectivity index (χ2v) is 1.20. The van der Waals surface area contributed by atoms with Crippen molar-refractivity contribution in [1.82, 2.24) is 10.2 Å². The second-order valence-electron chi connectivity index (χ2n) is 1.20. The number of aromatic nitrogens is 2. The zero-order valence-electron chi connectivity index (χ0n) is 4.64. The molecular formula is C5H4N2Rh2-2. The number of hydrogen-bond acceptors (Lipinski definition) is 2. The van der Waals surface area contributed by atoms with Crippen LogP contribution in [0.2, 0.25) is 0 Å². The zero-order chi connectivity index (χ0) is 5.11. The standard InChI is InChI=1S/C5H4N2.2Rh/c1-5-3-2-4-6-7-5;;/h2H,1H3;;/q-2;;. The van der Waals surface area contributed by atoms with E-state index in [1.54, 1.807) is 6.07 Å². The van der Waals surface area contributed by atoms with Gasteiger partial charge in [-0.2, -0.15) is 0 Å². The van der Waals surface area contributed by atoms with E-state index in [1.165, 1.54) is 0 Å². The number of rotatable bonds is 0. The van der Waals surface area contributed by atoms with E-state index >= 15 is 0 Å². The van der Waals surface area contributed by atoms with Gasteiger partial charge >= 0.3 is 0 Å². The molecule has 9 heavy (non-hydrogen) atoms. The van der Waals surface area contributed by atoms with Gasteiger partial charge in [-0.1, -0.05) is 6.92 Å². The van der Waals surface area contributed by atoms with Gasteiger partial charge in [-0.05, 0) is 0 Å². The number of aryl methyl sites for hydroxylation is 1. The molecule has 0 aromatic carbocycles. The molecule has 0 spiro atoms. The Balaban J connectivity index is 0. The van der Waals surface area contributed by atoms with Gasteiger partial charge in [0.05, 0.1) is 0 Å². The summed E-state index contributed by atoms with van der Waals surface area (Å²) in [7, 11) is 0. The summed E-state index contributed by atoms with van der Waals surface area (Å²) in [5.74, 6) is 0. The van der Waals surface area contributed by atoms with Crippen LogP contribution in [0.25, 0.3) is 0 Å². The minimum Gasteiger partial charge on any atom is -0.483 e. The quantitative estimate of drug-likeness (QED) is 0.511. The van der Waals surface area contributed by atoms with Crippen molar-refractivity contribution < 1.29 is 39.0 Å². The molecule has 0 saturated carbocycles. The molecule has 0 saturated heterocycles. The first-order chi connectivity index (χ1) is 3.39. The Hall–Kier alpha value is 0.327. The average molecular weight is 298 g/mol. The van der Waals surface area contributed by atoms with Crippen molar-refractivity contribution in [2.75, 3.05) is 0 Å². The maximum Gasteiger partial charge on any atom is 0 e. The van der Waals surface area contributed by atoms with Crippen LogP contribution in [0.1, 0.15) is 5.69 Å². The summed E-state index contributed by atoms with van der Waals surface area (Å²) in [5.41, 5.74) is 0.804. The fraction of sp³-hybridized carbons (Fsp3) is 0.200. The van der Waals surface area contributed by atoms with Gasteiger partial charge in [0.15, 0.2) is 0 Å². The maximum absolute atomic E-state index is 3.62. The minimum atomic E-state index is 0. The van der Waals surface area contributed by atoms with Gasteiger partial charge in [-0.15, -0.1) is 5.69 Å². The van der Waals surface area contributed by atoms with Crippen LogP contribution in [0.3, 0.4) is 0 Å². The Kier molecular flexibility index (Phi) is 8.63. The molecule has 0 fully saturated rings. The summed E-state index contributed by atoms with van der Waals surface area (Å²) in [4.78, 5) is 0. The first kappa shape index (κ1) is 12.0. The molecule has 4 heteroatoms. The topological polar surface area (TPSA) is 25.8 Å². The molecule has 2 radical (unpaired) electrons. The van der Waals surface area contributed by atoms with Crippen LogP contribution in [-0.2, 0) is 39.0 Å². The van der Waals surface area contributed by atoms with E-state index in [-0.39, 0.29) is 39.0 Å². The van der Waals surface area contributed by atoms with Crippen molar-refractivity contribution in [2.45, 2.75) is 6.92 Å². The molecule has 0 aliphatic rings. The second kappa shape index (κ2) is 6.45. The van der Waals surface area contributed by atoms with Crippen molar-refractivity contribution in [2.24, 2.45) is 0 Å². The molecule has 0 aliphatic carbocycles. The molecule has 2 nitrogen and oxygen atoms in total. The Bertz CT molecular complexity index is 143. The van der Waals surface area contributed by atoms with E-state index in [4.69, 9.17) is 0 Å². The van der Waals surface area contributed by atoms with Gasteiger partial charge in [0, 0.05) is 39.0 Å². The molecule has 54 valence electrons. The van der Waals surface area contributed by atoms with Gasteiger partial charge in [-0.3, -0.25) is 0 Å². The van der Waals surface area contributed by atoms with Crippen LogP contribution in [0.4, 0.5) is 0 Å². The fourth-order valence-corrected chi connectivity index (χ4v) is 0.298. The van der Waals surface area contributed by atoms with E-state index in [1.807, 2.05) is 6.92 Å². The van der Waals surface area contributed by atoms with Gasteiger partial charge in [-0.25, -0.2) is 5.10 Å². The molecule has 0 N–H and O–H groups in total. The van der Waals surface area contributed by atoms with E-state index in [2.05, 4.69) is 22.5 Å². The molecule has 0 bridgehead atoms. The zero-order valence-corrected chi connectivity index (χ0v) is 7.92. The largest absolute Gasteiger partial charge is 0.483 e. The number of nitrogens with zero attached hydrogens (tertiary/aromatic N) is 2. The first-order valence-corrected chi connectivity index (χ1v) is 1.97. The summed E-state index contributed by atoms with van der Waals surface area (Å²) in [6.45, 7) is 1.83. The molecule has 0 atom stereocenters. The maximum atomic E-state index is 3.62. The van der Waals surface area contributed by atoms with Crippen molar-refractivity contribution in [3.8, 4) is 0 Å². The van der Waals surface area contributed by atoms with Gasteiger partial charge in [0.1, 0.15) is 0 Å². The fourth-order valence-electron chi connectivity index (χ4n) is 0.298. The summed E-state index contributed by atoms with van der Waals surface area (Å²) < 4.78 is 0. The third-order valence-corrected chi connectivity index (χ3v) is 0.603. The van der Waals surface area contributed by atoms with E-state index < -0.39 is 0 Å². The molecule has 1 heterocycles.